The van der Waals surface area contributed by atoms with E-state index in [1.807, 2.05) is 43.3 Å². The van der Waals surface area contributed by atoms with Crippen molar-refractivity contribution in [2.45, 2.75) is 64.1 Å². The Bertz CT molecular complexity index is 1190. The van der Waals surface area contributed by atoms with E-state index >= 15 is 0 Å². The highest BCUT2D eigenvalue weighted by Crippen LogP contribution is 2.32. The predicted octanol–water partition coefficient (Wildman–Crippen LogP) is 3.97. The zero-order valence-electron chi connectivity index (χ0n) is 24.3. The summed E-state index contributed by atoms with van der Waals surface area (Å²) in [5.74, 6) is -0.00177. The second kappa shape index (κ2) is 17.1. The third-order valence-corrected chi connectivity index (χ3v) is 7.31. The number of ether oxygens (including phenoxy) is 3. The molecule has 2 atom stereocenters. The van der Waals surface area contributed by atoms with Gasteiger partial charge < -0.3 is 30.2 Å². The average molecular weight is 603 g/mol. The number of piperidine rings is 1. The van der Waals surface area contributed by atoms with Gasteiger partial charge in [0.2, 0.25) is 11.8 Å². The van der Waals surface area contributed by atoms with E-state index in [1.165, 1.54) is 0 Å². The lowest BCUT2D eigenvalue weighted by Gasteiger charge is -2.29. The number of imide groups is 1. The van der Waals surface area contributed by atoms with E-state index in [0.29, 0.717) is 51.5 Å². The third-order valence-electron chi connectivity index (χ3n) is 7.31. The maximum absolute atomic E-state index is 12.9. The number of anilines is 1. The van der Waals surface area contributed by atoms with Crippen LogP contribution in [0.3, 0.4) is 0 Å². The molecule has 3 amide bonds. The molecule has 2 aromatic carbocycles. The monoisotopic (exact) mass is 602 g/mol. The highest BCUT2D eigenvalue weighted by molar-refractivity contribution is 6.06. The van der Waals surface area contributed by atoms with Crippen LogP contribution < -0.4 is 21.1 Å². The summed E-state index contributed by atoms with van der Waals surface area (Å²) < 4.78 is 17.3. The summed E-state index contributed by atoms with van der Waals surface area (Å²) in [5, 5.41) is 5.69. The third kappa shape index (κ3) is 9.42. The molecule has 1 saturated heterocycles. The topological polar surface area (TPSA) is 132 Å². The van der Waals surface area contributed by atoms with Crippen molar-refractivity contribution in [3.05, 3.63) is 59.2 Å². The number of halogens is 1. The van der Waals surface area contributed by atoms with Crippen LogP contribution in [0.25, 0.3) is 0 Å². The minimum Gasteiger partial charge on any atom is -0.494 e. The van der Waals surface area contributed by atoms with Gasteiger partial charge in [0.05, 0.1) is 13.2 Å². The average Bonchev–Trinajstić information content (AvgIpc) is 3.30. The summed E-state index contributed by atoms with van der Waals surface area (Å²) >= 11 is 0. The first-order chi connectivity index (χ1) is 19.9. The van der Waals surface area contributed by atoms with Crippen molar-refractivity contribution in [2.24, 2.45) is 5.73 Å². The molecule has 4 rings (SSSR count). The van der Waals surface area contributed by atoms with Gasteiger partial charge in [-0.25, -0.2) is 0 Å². The Morgan fingerprint density at radius 1 is 0.976 bits per heavy atom. The highest BCUT2D eigenvalue weighted by Gasteiger charge is 2.39. The molecule has 0 bridgehead atoms. The van der Waals surface area contributed by atoms with Crippen LogP contribution in [0.15, 0.2) is 42.5 Å². The Morgan fingerprint density at radius 3 is 2.50 bits per heavy atom. The van der Waals surface area contributed by atoms with Crippen LogP contribution in [0.4, 0.5) is 5.69 Å². The van der Waals surface area contributed by atoms with Crippen LogP contribution in [0, 0.1) is 0 Å². The molecule has 2 aliphatic heterocycles. The molecule has 2 heterocycles. The molecule has 0 saturated carbocycles. The zero-order chi connectivity index (χ0) is 29.0. The first kappa shape index (κ1) is 33.3. The van der Waals surface area contributed by atoms with Gasteiger partial charge in [0.15, 0.2) is 0 Å². The fourth-order valence-corrected chi connectivity index (χ4v) is 5.04. The molecule has 230 valence electrons. The normalized spacial score (nSPS) is 17.0. The number of nitrogens with two attached hydrogens (primary N) is 1. The second-order valence-electron chi connectivity index (χ2n) is 10.5. The lowest BCUT2D eigenvalue weighted by Crippen LogP contribution is -2.52. The minimum absolute atomic E-state index is 0. The van der Waals surface area contributed by atoms with E-state index in [1.54, 1.807) is 11.0 Å². The molecular formula is C31H43ClN4O6. The summed E-state index contributed by atoms with van der Waals surface area (Å²) in [6.45, 7) is 6.13. The molecule has 42 heavy (non-hydrogen) atoms. The van der Waals surface area contributed by atoms with Crippen molar-refractivity contribution in [3.63, 3.8) is 0 Å². The number of carbonyl (C=O) groups is 3. The number of benzene rings is 2. The number of rotatable bonds is 17. The van der Waals surface area contributed by atoms with Gasteiger partial charge in [0.25, 0.3) is 5.91 Å². The maximum atomic E-state index is 12.9. The smallest absolute Gasteiger partial charge is 0.255 e. The van der Waals surface area contributed by atoms with Crippen molar-refractivity contribution in [3.8, 4) is 5.75 Å². The van der Waals surface area contributed by atoms with Crippen molar-refractivity contribution >= 4 is 35.8 Å². The quantitative estimate of drug-likeness (QED) is 0.183. The van der Waals surface area contributed by atoms with Crippen LogP contribution in [0.1, 0.15) is 73.0 Å². The number of nitrogens with zero attached hydrogens (tertiary/aromatic N) is 1. The molecule has 1 unspecified atom stereocenters. The zero-order valence-corrected chi connectivity index (χ0v) is 25.1. The molecule has 0 radical (unpaired) electrons. The minimum atomic E-state index is -0.617. The van der Waals surface area contributed by atoms with Gasteiger partial charge in [0.1, 0.15) is 11.8 Å². The number of carbonyl (C=O) groups excluding carboxylic acids is 3. The number of hydrogen-bond acceptors (Lipinski definition) is 8. The number of unbranched alkanes of at least 4 members (excludes halogenated alkanes) is 2. The van der Waals surface area contributed by atoms with E-state index in [4.69, 9.17) is 19.9 Å². The number of nitrogens with one attached hydrogen (secondary N) is 2. The standard InChI is InChI=1S/C31H42N4O6.ClH/c1-22(32)23-8-5-9-24(20-23)41-18-4-2-3-15-39-16-7-17-40-19-14-33-27-11-6-10-25-26(27)21-35(31(25)38)28-12-13-29(36)34-30(28)37;/h5-6,8-11,20,22,28,33H,2-4,7,12-19,21,32H2,1H3,(H,34,36,37);1H/t22-,28?;/m1./s1. The molecule has 2 aliphatic rings. The van der Waals surface area contributed by atoms with E-state index in [2.05, 4.69) is 10.6 Å². The van der Waals surface area contributed by atoms with E-state index in [-0.39, 0.29) is 36.7 Å². The molecule has 0 spiro atoms. The van der Waals surface area contributed by atoms with Crippen LogP contribution in [-0.2, 0) is 25.6 Å². The van der Waals surface area contributed by atoms with Crippen LogP contribution >= 0.6 is 12.4 Å². The molecular weight excluding hydrogens is 560 g/mol. The highest BCUT2D eigenvalue weighted by atomic mass is 35.5. The number of hydrogen-bond donors (Lipinski definition) is 3. The van der Waals surface area contributed by atoms with Gasteiger partial charge in [-0.1, -0.05) is 18.2 Å². The van der Waals surface area contributed by atoms with Crippen molar-refractivity contribution in [1.82, 2.24) is 10.2 Å². The van der Waals surface area contributed by atoms with Crippen LogP contribution in [-0.4, -0.2) is 68.2 Å². The van der Waals surface area contributed by atoms with E-state index in [0.717, 1.165) is 54.9 Å². The summed E-state index contributed by atoms with van der Waals surface area (Å²) in [7, 11) is 0. The fraction of sp³-hybridized carbons (Fsp3) is 0.516. The Morgan fingerprint density at radius 2 is 1.71 bits per heavy atom. The Labute approximate surface area is 254 Å². The van der Waals surface area contributed by atoms with Gasteiger partial charge in [-0.15, -0.1) is 12.4 Å². The Kier molecular flexibility index (Phi) is 13.5. The Hall–Kier alpha value is -3.18. The summed E-state index contributed by atoms with van der Waals surface area (Å²) in [6, 6.07) is 12.9. The summed E-state index contributed by atoms with van der Waals surface area (Å²) in [5.41, 5.74) is 9.33. The number of amides is 3. The first-order valence-corrected chi connectivity index (χ1v) is 14.6. The van der Waals surface area contributed by atoms with Crippen LogP contribution in [0.2, 0.25) is 0 Å². The lowest BCUT2D eigenvalue weighted by molar-refractivity contribution is -0.136. The second-order valence-corrected chi connectivity index (χ2v) is 10.5. The van der Waals surface area contributed by atoms with Crippen LogP contribution in [0.5, 0.6) is 5.75 Å². The van der Waals surface area contributed by atoms with Gasteiger partial charge in [-0.3, -0.25) is 19.7 Å². The summed E-state index contributed by atoms with van der Waals surface area (Å²) in [6.07, 6.45) is 4.45. The molecule has 2 aromatic rings. The maximum Gasteiger partial charge on any atom is 0.255 e. The van der Waals surface area contributed by atoms with Crippen molar-refractivity contribution < 1.29 is 28.6 Å². The number of fused-ring (bicyclic) bond motifs is 1. The Balaban J connectivity index is 0.00000484. The molecule has 0 aromatic heterocycles. The molecule has 10 nitrogen and oxygen atoms in total. The van der Waals surface area contributed by atoms with E-state index < -0.39 is 11.9 Å². The molecule has 1 fully saturated rings. The van der Waals surface area contributed by atoms with Gasteiger partial charge in [-0.05, 0) is 68.9 Å². The van der Waals surface area contributed by atoms with Gasteiger partial charge >= 0.3 is 0 Å². The summed E-state index contributed by atoms with van der Waals surface area (Å²) in [4.78, 5) is 38.3. The van der Waals surface area contributed by atoms with Gasteiger partial charge in [-0.2, -0.15) is 0 Å². The molecule has 0 aliphatic carbocycles. The first-order valence-electron chi connectivity index (χ1n) is 14.6. The largest absolute Gasteiger partial charge is 0.494 e. The predicted molar refractivity (Wildman–Crippen MR) is 163 cm³/mol. The SMILES string of the molecule is C[C@@H](N)c1cccc(OCCCCCOCCCOCCNc2cccc3c2CN(C2CCC(=O)NC2=O)C3=O)c1.Cl. The van der Waals surface area contributed by atoms with Gasteiger partial charge in [0, 0.05) is 62.2 Å². The fourth-order valence-electron chi connectivity index (χ4n) is 5.04. The van der Waals surface area contributed by atoms with E-state index in [9.17, 15) is 14.4 Å². The van der Waals surface area contributed by atoms with Crippen molar-refractivity contribution in [1.29, 1.82) is 0 Å². The van der Waals surface area contributed by atoms with Crippen molar-refractivity contribution in [2.75, 3.05) is 44.9 Å². The molecule has 11 heteroatoms. The lowest BCUT2D eigenvalue weighted by atomic mass is 10.0. The molecule has 4 N–H and O–H groups in total.